The van der Waals surface area contributed by atoms with Crippen LogP contribution in [0.4, 0.5) is 0 Å². The third kappa shape index (κ3) is 3.58. The zero-order chi connectivity index (χ0) is 14.5. The Balaban J connectivity index is 1.90. The van der Waals surface area contributed by atoms with Crippen molar-refractivity contribution in [2.24, 2.45) is 5.92 Å². The normalized spacial score (nSPS) is 26.6. The Hall–Kier alpha value is -0.940. The van der Waals surface area contributed by atoms with Crippen molar-refractivity contribution in [2.75, 3.05) is 33.9 Å². The molecule has 112 valence electrons. The van der Waals surface area contributed by atoms with Gasteiger partial charge in [-0.25, -0.2) is 0 Å². The fourth-order valence-corrected chi connectivity index (χ4v) is 2.91. The second-order valence-electron chi connectivity index (χ2n) is 5.60. The van der Waals surface area contributed by atoms with Gasteiger partial charge >= 0.3 is 0 Å². The van der Waals surface area contributed by atoms with Gasteiger partial charge in [0.1, 0.15) is 0 Å². The molecule has 2 rings (SSSR count). The van der Waals surface area contributed by atoms with E-state index in [1.807, 2.05) is 30.3 Å². The average Bonchev–Trinajstić information content (AvgIpc) is 2.89. The maximum atomic E-state index is 10.4. The first kappa shape index (κ1) is 15.4. The molecule has 0 bridgehead atoms. The summed E-state index contributed by atoms with van der Waals surface area (Å²) >= 11 is 0. The second kappa shape index (κ2) is 7.18. The number of hydrogen-bond acceptors (Lipinski definition) is 4. The lowest BCUT2D eigenvalue weighted by molar-refractivity contribution is -0.00461. The predicted octanol–water partition coefficient (Wildman–Crippen LogP) is 1.70. The van der Waals surface area contributed by atoms with E-state index < -0.39 is 6.10 Å². The molecule has 1 aliphatic rings. The summed E-state index contributed by atoms with van der Waals surface area (Å²) in [4.78, 5) is 2.30. The molecule has 1 aliphatic heterocycles. The van der Waals surface area contributed by atoms with Crippen LogP contribution in [0.1, 0.15) is 18.6 Å². The molecule has 4 nitrogen and oxygen atoms in total. The van der Waals surface area contributed by atoms with Crippen LogP contribution in [0.25, 0.3) is 0 Å². The summed E-state index contributed by atoms with van der Waals surface area (Å²) in [5.41, 5.74) is 0.978. The zero-order valence-corrected chi connectivity index (χ0v) is 12.5. The highest BCUT2D eigenvalue weighted by molar-refractivity contribution is 5.17. The Morgan fingerprint density at radius 2 is 1.70 bits per heavy atom. The number of nitrogens with zero attached hydrogens (tertiary/aromatic N) is 1. The summed E-state index contributed by atoms with van der Waals surface area (Å²) in [6.45, 7) is 4.65. The fraction of sp³-hybridized carbons (Fsp3) is 0.625. The van der Waals surface area contributed by atoms with E-state index in [0.717, 1.165) is 25.2 Å². The molecule has 4 unspecified atom stereocenters. The molecular formula is C16H25NO3. The molecule has 4 heteroatoms. The van der Waals surface area contributed by atoms with Crippen LogP contribution >= 0.6 is 0 Å². The number of methoxy groups -OCH3 is 2. The first-order chi connectivity index (χ1) is 9.65. The van der Waals surface area contributed by atoms with Crippen LogP contribution < -0.4 is 0 Å². The van der Waals surface area contributed by atoms with Gasteiger partial charge in [0, 0.05) is 33.9 Å². The summed E-state index contributed by atoms with van der Waals surface area (Å²) in [6.07, 6.45) is -0.180. The number of aliphatic hydroxyl groups is 1. The van der Waals surface area contributed by atoms with Crippen LogP contribution in [0, 0.1) is 5.92 Å². The maximum absolute atomic E-state index is 10.4. The number of likely N-dealkylation sites (tertiary alicyclic amines) is 1. The maximum Gasteiger partial charge on any atom is 0.0971 e. The molecule has 0 saturated carbocycles. The van der Waals surface area contributed by atoms with Crippen LogP contribution in [0.3, 0.4) is 0 Å². The van der Waals surface area contributed by atoms with Gasteiger partial charge in [0.15, 0.2) is 0 Å². The first-order valence-electron chi connectivity index (χ1n) is 7.16. The molecular weight excluding hydrogens is 254 g/mol. The third-order valence-corrected chi connectivity index (χ3v) is 4.12. The summed E-state index contributed by atoms with van der Waals surface area (Å²) in [5.74, 6) is 0.172. The van der Waals surface area contributed by atoms with E-state index in [9.17, 15) is 5.11 Å². The Bertz CT molecular complexity index is 386. The van der Waals surface area contributed by atoms with Crippen molar-refractivity contribution in [3.63, 3.8) is 0 Å². The highest BCUT2D eigenvalue weighted by Crippen LogP contribution is 2.24. The standard InChI is InChI=1S/C16H25NO3/c1-12(16(18)13-7-5-4-6-8-13)9-17-10-14(19-2)15(11-17)20-3/h4-8,12,14-16,18H,9-11H2,1-3H3. The summed E-state index contributed by atoms with van der Waals surface area (Å²) in [7, 11) is 3.45. The Morgan fingerprint density at radius 3 is 2.20 bits per heavy atom. The molecule has 0 aliphatic carbocycles. The molecule has 0 spiro atoms. The number of ether oxygens (including phenoxy) is 2. The zero-order valence-electron chi connectivity index (χ0n) is 12.5. The van der Waals surface area contributed by atoms with Gasteiger partial charge in [0.25, 0.3) is 0 Å². The third-order valence-electron chi connectivity index (χ3n) is 4.12. The molecule has 1 fully saturated rings. The van der Waals surface area contributed by atoms with Gasteiger partial charge in [-0.2, -0.15) is 0 Å². The average molecular weight is 279 g/mol. The molecule has 1 saturated heterocycles. The van der Waals surface area contributed by atoms with E-state index in [1.54, 1.807) is 14.2 Å². The molecule has 1 aromatic carbocycles. The minimum Gasteiger partial charge on any atom is -0.388 e. The molecule has 1 aromatic rings. The number of benzene rings is 1. The first-order valence-corrected chi connectivity index (χ1v) is 7.16. The summed E-state index contributed by atoms with van der Waals surface area (Å²) < 4.78 is 10.9. The molecule has 0 radical (unpaired) electrons. The largest absolute Gasteiger partial charge is 0.388 e. The van der Waals surface area contributed by atoms with Gasteiger partial charge in [0.05, 0.1) is 18.3 Å². The van der Waals surface area contributed by atoms with Gasteiger partial charge in [-0.1, -0.05) is 37.3 Å². The highest BCUT2D eigenvalue weighted by atomic mass is 16.5. The van der Waals surface area contributed by atoms with Crippen LogP contribution in [0.2, 0.25) is 0 Å². The molecule has 0 aromatic heterocycles. The summed E-state index contributed by atoms with van der Waals surface area (Å²) in [5, 5.41) is 10.4. The van der Waals surface area contributed by atoms with Gasteiger partial charge in [-0.05, 0) is 11.5 Å². The second-order valence-corrected chi connectivity index (χ2v) is 5.60. The lowest BCUT2D eigenvalue weighted by Crippen LogP contribution is -2.30. The van der Waals surface area contributed by atoms with Gasteiger partial charge < -0.3 is 14.6 Å². The summed E-state index contributed by atoms with van der Waals surface area (Å²) in [6, 6.07) is 9.84. The Kier molecular flexibility index (Phi) is 5.54. The topological polar surface area (TPSA) is 41.9 Å². The van der Waals surface area contributed by atoms with E-state index in [0.29, 0.717) is 0 Å². The minimum absolute atomic E-state index is 0.126. The van der Waals surface area contributed by atoms with E-state index in [2.05, 4.69) is 11.8 Å². The van der Waals surface area contributed by atoms with Crippen LogP contribution in [-0.4, -0.2) is 56.1 Å². The Labute approximate surface area is 121 Å². The van der Waals surface area contributed by atoms with Crippen molar-refractivity contribution in [2.45, 2.75) is 25.2 Å². The van der Waals surface area contributed by atoms with Gasteiger partial charge in [0.2, 0.25) is 0 Å². The van der Waals surface area contributed by atoms with Crippen LogP contribution in [-0.2, 0) is 9.47 Å². The van der Waals surface area contributed by atoms with Crippen LogP contribution in [0.15, 0.2) is 30.3 Å². The highest BCUT2D eigenvalue weighted by Gasteiger charge is 2.34. The SMILES string of the molecule is COC1CN(CC(C)C(O)c2ccccc2)CC1OC. The van der Waals surface area contributed by atoms with E-state index >= 15 is 0 Å². The lowest BCUT2D eigenvalue weighted by Gasteiger charge is -2.24. The van der Waals surface area contributed by atoms with E-state index in [4.69, 9.17) is 9.47 Å². The predicted molar refractivity (Wildman–Crippen MR) is 78.6 cm³/mol. The monoisotopic (exact) mass is 279 g/mol. The molecule has 4 atom stereocenters. The smallest absolute Gasteiger partial charge is 0.0971 e. The Morgan fingerprint density at radius 1 is 1.15 bits per heavy atom. The van der Waals surface area contributed by atoms with Crippen molar-refractivity contribution in [3.8, 4) is 0 Å². The van der Waals surface area contributed by atoms with Crippen LogP contribution in [0.5, 0.6) is 0 Å². The van der Waals surface area contributed by atoms with Crippen molar-refractivity contribution < 1.29 is 14.6 Å². The number of hydrogen-bond donors (Lipinski definition) is 1. The van der Waals surface area contributed by atoms with Crippen molar-refractivity contribution in [1.29, 1.82) is 0 Å². The van der Waals surface area contributed by atoms with E-state index in [-0.39, 0.29) is 18.1 Å². The fourth-order valence-electron chi connectivity index (χ4n) is 2.91. The van der Waals surface area contributed by atoms with Gasteiger partial charge in [-0.15, -0.1) is 0 Å². The molecule has 0 amide bonds. The van der Waals surface area contributed by atoms with Crippen molar-refractivity contribution in [3.05, 3.63) is 35.9 Å². The van der Waals surface area contributed by atoms with Crippen molar-refractivity contribution >= 4 is 0 Å². The molecule has 20 heavy (non-hydrogen) atoms. The van der Waals surface area contributed by atoms with Gasteiger partial charge in [-0.3, -0.25) is 4.90 Å². The van der Waals surface area contributed by atoms with E-state index in [1.165, 1.54) is 0 Å². The van der Waals surface area contributed by atoms with Crippen molar-refractivity contribution in [1.82, 2.24) is 4.90 Å². The lowest BCUT2D eigenvalue weighted by atomic mass is 9.97. The molecule has 1 heterocycles. The minimum atomic E-state index is -0.432. The quantitative estimate of drug-likeness (QED) is 0.860. The number of aliphatic hydroxyl groups excluding tert-OH is 1. The molecule has 1 N–H and O–H groups in total. The number of rotatable bonds is 6.